The number of nitrogens with zero attached hydrogens (tertiary/aromatic N) is 1. The van der Waals surface area contributed by atoms with E-state index in [0.717, 1.165) is 12.1 Å². The van der Waals surface area contributed by atoms with Crippen LogP contribution in [0.15, 0.2) is 29.4 Å². The van der Waals surface area contributed by atoms with Gasteiger partial charge in [-0.15, -0.1) is 0 Å². The third kappa shape index (κ3) is 2.59. The van der Waals surface area contributed by atoms with Crippen LogP contribution in [0.3, 0.4) is 0 Å². The summed E-state index contributed by atoms with van der Waals surface area (Å²) in [5.74, 6) is 0. The molecule has 1 aromatic carbocycles. The normalized spacial score (nSPS) is 20.5. The van der Waals surface area contributed by atoms with E-state index in [2.05, 4.69) is 51.2 Å². The number of oxime groups is 1. The summed E-state index contributed by atoms with van der Waals surface area (Å²) in [6, 6.07) is 8.93. The van der Waals surface area contributed by atoms with Gasteiger partial charge in [0.1, 0.15) is 0 Å². The van der Waals surface area contributed by atoms with Gasteiger partial charge in [-0.25, -0.2) is 0 Å². The van der Waals surface area contributed by atoms with Crippen molar-refractivity contribution in [3.8, 4) is 0 Å². The predicted octanol–water partition coefficient (Wildman–Crippen LogP) is 2.74. The first-order chi connectivity index (χ1) is 7.47. The fourth-order valence-corrected chi connectivity index (χ4v) is 5.16. The molecule has 0 saturated heterocycles. The van der Waals surface area contributed by atoms with Crippen molar-refractivity contribution in [1.29, 1.82) is 0 Å². The molecule has 86 valence electrons. The van der Waals surface area contributed by atoms with Crippen LogP contribution in [0, 0.1) is 0 Å². The third-order valence-electron chi connectivity index (χ3n) is 2.91. The Morgan fingerprint density at radius 2 is 1.81 bits per heavy atom. The van der Waals surface area contributed by atoms with E-state index in [1.54, 1.807) is 3.58 Å². The Morgan fingerprint density at radius 1 is 1.19 bits per heavy atom. The molecule has 0 radical (unpaired) electrons. The van der Waals surface area contributed by atoms with Crippen molar-refractivity contribution >= 4 is 27.7 Å². The van der Waals surface area contributed by atoms with Crippen molar-refractivity contribution < 1.29 is 4.84 Å². The summed E-state index contributed by atoms with van der Waals surface area (Å²) in [5.41, 5.74) is 2.30. The van der Waals surface area contributed by atoms with E-state index in [-0.39, 0.29) is 6.10 Å². The van der Waals surface area contributed by atoms with Gasteiger partial charge in [0.15, 0.2) is 0 Å². The van der Waals surface area contributed by atoms with Gasteiger partial charge in [-0.2, -0.15) is 0 Å². The van der Waals surface area contributed by atoms with Crippen molar-refractivity contribution in [3.63, 3.8) is 0 Å². The van der Waals surface area contributed by atoms with Crippen molar-refractivity contribution in [2.45, 2.75) is 34.3 Å². The minimum absolute atomic E-state index is 0.233. The molecule has 0 aliphatic carbocycles. The zero-order chi connectivity index (χ0) is 11.8. The Kier molecular flexibility index (Phi) is 3.29. The van der Waals surface area contributed by atoms with Crippen molar-refractivity contribution in [2.75, 3.05) is 0 Å². The zero-order valence-electron chi connectivity index (χ0n) is 10.4. The van der Waals surface area contributed by atoms with Crippen LogP contribution in [0.25, 0.3) is 0 Å². The van der Waals surface area contributed by atoms with E-state index in [9.17, 15) is 0 Å². The van der Waals surface area contributed by atoms with Crippen molar-refractivity contribution in [3.05, 3.63) is 29.8 Å². The van der Waals surface area contributed by atoms with Gasteiger partial charge in [0, 0.05) is 0 Å². The van der Waals surface area contributed by atoms with E-state index in [0.29, 0.717) is 0 Å². The SMILES string of the molecule is C[C@@H]1CC(c2cc[c]([Sn]([CH3])([CH3])[CH3])cc2)=NO1. The first-order valence-electron chi connectivity index (χ1n) is 5.80. The molecule has 1 aliphatic heterocycles. The maximum absolute atomic E-state index is 5.22. The molecule has 0 spiro atoms. The van der Waals surface area contributed by atoms with Gasteiger partial charge in [-0.3, -0.25) is 0 Å². The third-order valence-corrected chi connectivity index (χ3v) is 8.80. The summed E-state index contributed by atoms with van der Waals surface area (Å²) in [4.78, 5) is 12.5. The molecule has 1 aliphatic rings. The summed E-state index contributed by atoms with van der Waals surface area (Å²) in [6.07, 6.45) is 1.16. The number of hydrogen-bond acceptors (Lipinski definition) is 2. The van der Waals surface area contributed by atoms with E-state index in [4.69, 9.17) is 4.84 Å². The van der Waals surface area contributed by atoms with Gasteiger partial charge < -0.3 is 0 Å². The van der Waals surface area contributed by atoms with E-state index < -0.39 is 18.4 Å². The molecular formula is C13H19NOSn. The Balaban J connectivity index is 2.20. The molecule has 1 atom stereocenters. The molecular weight excluding hydrogens is 305 g/mol. The van der Waals surface area contributed by atoms with Gasteiger partial charge in [0.05, 0.1) is 0 Å². The standard InChI is InChI=1S/C10H10NO.3CH3.Sn/c1-8-7-10(11-12-8)9-5-3-2-4-6-9;;;;/h3-6,8H,7H2,1H3;3*1H3;/t8-;;;;/m1..../s1. The number of benzene rings is 1. The molecule has 3 heteroatoms. The monoisotopic (exact) mass is 325 g/mol. The van der Waals surface area contributed by atoms with Crippen LogP contribution < -0.4 is 3.58 Å². The van der Waals surface area contributed by atoms with E-state index in [1.165, 1.54) is 5.56 Å². The molecule has 0 fully saturated rings. The van der Waals surface area contributed by atoms with Crippen LogP contribution in [0.4, 0.5) is 0 Å². The second-order valence-corrected chi connectivity index (χ2v) is 20.0. The average Bonchev–Trinajstić information content (AvgIpc) is 2.64. The second-order valence-electron chi connectivity index (χ2n) is 5.49. The molecule has 0 bridgehead atoms. The number of rotatable bonds is 2. The summed E-state index contributed by atoms with van der Waals surface area (Å²) < 4.78 is 1.56. The molecule has 0 N–H and O–H groups in total. The summed E-state index contributed by atoms with van der Waals surface area (Å²) in [6.45, 7) is 2.05. The van der Waals surface area contributed by atoms with Crippen LogP contribution in [0.2, 0.25) is 14.8 Å². The summed E-state index contributed by atoms with van der Waals surface area (Å²) in [7, 11) is 0. The van der Waals surface area contributed by atoms with Gasteiger partial charge >= 0.3 is 102 Å². The molecule has 16 heavy (non-hydrogen) atoms. The fraction of sp³-hybridized carbons (Fsp3) is 0.462. The molecule has 0 unspecified atom stereocenters. The minimum atomic E-state index is -1.89. The molecule has 2 nitrogen and oxygen atoms in total. The molecule has 1 heterocycles. The number of hydrogen-bond donors (Lipinski definition) is 0. The molecule has 2 rings (SSSR count). The van der Waals surface area contributed by atoms with Crippen LogP contribution in [0.5, 0.6) is 0 Å². The predicted molar refractivity (Wildman–Crippen MR) is 71.1 cm³/mol. The van der Waals surface area contributed by atoms with Gasteiger partial charge in [0.25, 0.3) is 0 Å². The van der Waals surface area contributed by atoms with E-state index >= 15 is 0 Å². The Hall–Kier alpha value is -0.511. The van der Waals surface area contributed by atoms with Gasteiger partial charge in [-0.05, 0) is 0 Å². The van der Waals surface area contributed by atoms with Crippen LogP contribution in [0.1, 0.15) is 18.9 Å². The summed E-state index contributed by atoms with van der Waals surface area (Å²) in [5, 5.41) is 4.11. The quantitative estimate of drug-likeness (QED) is 0.767. The molecule has 1 aromatic rings. The van der Waals surface area contributed by atoms with Crippen LogP contribution >= 0.6 is 0 Å². The second kappa shape index (κ2) is 4.40. The van der Waals surface area contributed by atoms with Gasteiger partial charge in [0.2, 0.25) is 0 Å². The Labute approximate surface area is 102 Å². The van der Waals surface area contributed by atoms with Gasteiger partial charge in [-0.1, -0.05) is 0 Å². The van der Waals surface area contributed by atoms with Crippen molar-refractivity contribution in [1.82, 2.24) is 0 Å². The first kappa shape index (κ1) is 12.0. The molecule has 0 saturated carbocycles. The average molecular weight is 324 g/mol. The summed E-state index contributed by atoms with van der Waals surface area (Å²) >= 11 is -1.89. The fourth-order valence-electron chi connectivity index (χ4n) is 1.83. The molecule has 0 amide bonds. The first-order valence-corrected chi connectivity index (χ1v) is 15.8. The topological polar surface area (TPSA) is 21.6 Å². The zero-order valence-corrected chi connectivity index (χ0v) is 13.3. The maximum atomic E-state index is 5.22. The van der Waals surface area contributed by atoms with E-state index in [1.807, 2.05) is 0 Å². The van der Waals surface area contributed by atoms with Crippen LogP contribution in [-0.2, 0) is 4.84 Å². The molecule has 0 aromatic heterocycles. The van der Waals surface area contributed by atoms with Crippen LogP contribution in [-0.4, -0.2) is 30.2 Å². The Bertz CT molecular complexity index is 403. The van der Waals surface area contributed by atoms with Crippen molar-refractivity contribution in [2.24, 2.45) is 5.16 Å². The Morgan fingerprint density at radius 3 is 2.25 bits per heavy atom.